The molecule has 0 unspecified atom stereocenters. The van der Waals surface area contributed by atoms with Crippen LogP contribution in [-0.4, -0.2) is 87.0 Å². The van der Waals surface area contributed by atoms with Crippen LogP contribution in [0.4, 0.5) is 19.0 Å². The maximum Gasteiger partial charge on any atom is 0.471 e. The monoisotopic (exact) mass is 515 g/mol. The molecular formula is C21H28F3N7O5. The lowest BCUT2D eigenvalue weighted by Gasteiger charge is -2.35. The van der Waals surface area contributed by atoms with Gasteiger partial charge in [0.2, 0.25) is 17.7 Å². The molecule has 2 aliphatic rings. The van der Waals surface area contributed by atoms with Gasteiger partial charge in [-0.25, -0.2) is 4.68 Å². The summed E-state index contributed by atoms with van der Waals surface area (Å²) in [5, 5.41) is 8.37. The fraction of sp³-hybridized carbons (Fsp3) is 0.619. The Morgan fingerprint density at radius 1 is 1.31 bits per heavy atom. The Bertz CT molecular complexity index is 1090. The first-order chi connectivity index (χ1) is 16.6. The Morgan fingerprint density at radius 2 is 1.94 bits per heavy atom. The number of carbonyl (C=O) groups excluding carboxylic acids is 5. The number of hydrogen-bond acceptors (Lipinski definition) is 6. The molecule has 4 atom stereocenters. The zero-order valence-electron chi connectivity index (χ0n) is 20.1. The number of hydrogen-bond donors (Lipinski definition) is 3. The highest BCUT2D eigenvalue weighted by atomic mass is 19.4. The van der Waals surface area contributed by atoms with Gasteiger partial charge < -0.3 is 26.2 Å². The fourth-order valence-corrected chi connectivity index (χ4v) is 4.62. The summed E-state index contributed by atoms with van der Waals surface area (Å²) in [7, 11) is 1.22. The van der Waals surface area contributed by atoms with Crippen molar-refractivity contribution in [1.29, 1.82) is 0 Å². The van der Waals surface area contributed by atoms with Gasteiger partial charge in [0.1, 0.15) is 23.9 Å². The second-order valence-electron chi connectivity index (χ2n) is 9.49. The molecule has 1 saturated heterocycles. The van der Waals surface area contributed by atoms with Crippen molar-refractivity contribution in [2.75, 3.05) is 18.9 Å². The van der Waals surface area contributed by atoms with Crippen molar-refractivity contribution in [3.8, 4) is 0 Å². The summed E-state index contributed by atoms with van der Waals surface area (Å²) in [6.45, 7) is 4.35. The predicted octanol–water partition coefficient (Wildman–Crippen LogP) is -0.443. The zero-order valence-corrected chi connectivity index (χ0v) is 20.1. The molecule has 3 heterocycles. The Balaban J connectivity index is 1.89. The minimum atomic E-state index is -5.19. The largest absolute Gasteiger partial charge is 0.471 e. The summed E-state index contributed by atoms with van der Waals surface area (Å²) in [4.78, 5) is 65.2. The van der Waals surface area contributed by atoms with Gasteiger partial charge in [-0.2, -0.15) is 18.3 Å². The molecule has 5 amide bonds. The van der Waals surface area contributed by atoms with Crippen molar-refractivity contribution < 1.29 is 37.1 Å². The van der Waals surface area contributed by atoms with Gasteiger partial charge >= 0.3 is 12.1 Å². The lowest BCUT2D eigenvalue weighted by molar-refractivity contribution is -0.175. The van der Waals surface area contributed by atoms with Crippen LogP contribution in [0.3, 0.4) is 0 Å². The number of likely N-dealkylation sites (N-methyl/N-ethyl adjacent to an activating group) is 1. The number of amides is 5. The molecule has 3 rings (SSSR count). The summed E-state index contributed by atoms with van der Waals surface area (Å²) in [5.74, 6) is -5.03. The first-order valence-electron chi connectivity index (χ1n) is 11.2. The molecule has 1 fully saturated rings. The second-order valence-corrected chi connectivity index (χ2v) is 9.49. The van der Waals surface area contributed by atoms with Crippen LogP contribution in [0.15, 0.2) is 12.3 Å². The van der Waals surface area contributed by atoms with Crippen molar-refractivity contribution in [3.63, 3.8) is 0 Å². The second kappa shape index (κ2) is 9.43. The maximum atomic E-state index is 13.7. The van der Waals surface area contributed by atoms with E-state index in [0.29, 0.717) is 5.82 Å². The number of primary amides is 1. The standard InChI is InChI=1S/C21H28F3N7O5/c1-10(2)7-12(29(4)16(33)11(3)27-19(36)21(22,23)24)17(34)30-9-20(8-13(30)15(25)32)18(35)28-14-5-6-26-31(14)20/h5-6,10-13H,7-9H2,1-4H3,(H2,25,32)(H,27,36)(H,28,35)/t11-,12-,13-,20+/m0/s1. The third-order valence-electron chi connectivity index (χ3n) is 6.43. The number of alkyl halides is 3. The van der Waals surface area contributed by atoms with Crippen LogP contribution in [0, 0.1) is 5.92 Å². The number of fused-ring (bicyclic) bond motifs is 2. The van der Waals surface area contributed by atoms with Gasteiger partial charge in [-0.1, -0.05) is 13.8 Å². The minimum Gasteiger partial charge on any atom is -0.368 e. The third kappa shape index (κ3) is 4.73. The quantitative estimate of drug-likeness (QED) is 0.446. The van der Waals surface area contributed by atoms with E-state index in [9.17, 15) is 37.1 Å². The van der Waals surface area contributed by atoms with Crippen LogP contribution >= 0.6 is 0 Å². The van der Waals surface area contributed by atoms with E-state index in [0.717, 1.165) is 16.7 Å². The number of likely N-dealkylation sites (tertiary alicyclic amines) is 1. The number of anilines is 1. The molecule has 0 radical (unpaired) electrons. The van der Waals surface area contributed by atoms with Crippen molar-refractivity contribution >= 4 is 35.4 Å². The van der Waals surface area contributed by atoms with Crippen LogP contribution in [0.25, 0.3) is 0 Å². The van der Waals surface area contributed by atoms with Crippen molar-refractivity contribution in [1.82, 2.24) is 24.9 Å². The summed E-state index contributed by atoms with van der Waals surface area (Å²) in [6, 6.07) is -2.43. The van der Waals surface area contributed by atoms with Crippen LogP contribution in [-0.2, 0) is 29.5 Å². The SMILES string of the molecule is CC(C)C[C@@H](C(=O)N1C[C@]2(C[C@H]1C(N)=O)C(=O)Nc1ccnn12)N(C)C(=O)[C@H](C)NC(=O)C(F)(F)F. The highest BCUT2D eigenvalue weighted by molar-refractivity contribution is 6.03. The van der Waals surface area contributed by atoms with Gasteiger partial charge in [-0.05, 0) is 19.3 Å². The van der Waals surface area contributed by atoms with E-state index >= 15 is 0 Å². The van der Waals surface area contributed by atoms with E-state index in [2.05, 4.69) is 10.4 Å². The number of carbonyl (C=O) groups is 5. The summed E-state index contributed by atoms with van der Waals surface area (Å²) in [5.41, 5.74) is 4.19. The third-order valence-corrected chi connectivity index (χ3v) is 6.43. The maximum absolute atomic E-state index is 13.7. The molecule has 1 aromatic rings. The van der Waals surface area contributed by atoms with E-state index in [1.807, 2.05) is 0 Å². The molecule has 12 nitrogen and oxygen atoms in total. The lowest BCUT2D eigenvalue weighted by atomic mass is 9.96. The van der Waals surface area contributed by atoms with Gasteiger partial charge in [0.15, 0.2) is 5.54 Å². The lowest BCUT2D eigenvalue weighted by Crippen LogP contribution is -2.57. The van der Waals surface area contributed by atoms with Gasteiger partial charge in [0.25, 0.3) is 5.91 Å². The summed E-state index contributed by atoms with van der Waals surface area (Å²) < 4.78 is 39.3. The zero-order chi connectivity index (χ0) is 27.2. The Morgan fingerprint density at radius 3 is 2.50 bits per heavy atom. The number of aromatic nitrogens is 2. The molecular weight excluding hydrogens is 487 g/mol. The van der Waals surface area contributed by atoms with Crippen LogP contribution < -0.4 is 16.4 Å². The van der Waals surface area contributed by atoms with Crippen molar-refractivity contribution in [2.24, 2.45) is 11.7 Å². The van der Waals surface area contributed by atoms with E-state index in [1.165, 1.54) is 17.9 Å². The van der Waals surface area contributed by atoms with E-state index < -0.39 is 59.4 Å². The van der Waals surface area contributed by atoms with Gasteiger partial charge in [-0.15, -0.1) is 0 Å². The number of rotatable bonds is 7. The summed E-state index contributed by atoms with van der Waals surface area (Å²) >= 11 is 0. The Kier molecular flexibility index (Phi) is 7.06. The number of nitrogens with two attached hydrogens (primary N) is 1. The average molecular weight is 515 g/mol. The highest BCUT2D eigenvalue weighted by Gasteiger charge is 2.58. The Hall–Kier alpha value is -3.65. The van der Waals surface area contributed by atoms with Crippen molar-refractivity contribution in [3.05, 3.63) is 12.3 Å². The van der Waals surface area contributed by atoms with E-state index in [-0.39, 0.29) is 25.3 Å². The summed E-state index contributed by atoms with van der Waals surface area (Å²) in [6.07, 6.45) is -3.79. The molecule has 2 aliphatic heterocycles. The Labute approximate surface area is 204 Å². The van der Waals surface area contributed by atoms with Crippen molar-refractivity contribution in [2.45, 2.75) is 63.5 Å². The molecule has 0 saturated carbocycles. The van der Waals surface area contributed by atoms with Gasteiger partial charge in [0.05, 0.1) is 12.7 Å². The predicted molar refractivity (Wildman–Crippen MR) is 118 cm³/mol. The smallest absolute Gasteiger partial charge is 0.368 e. The molecule has 36 heavy (non-hydrogen) atoms. The first kappa shape index (κ1) is 26.9. The number of nitrogens with one attached hydrogen (secondary N) is 2. The normalized spacial score (nSPS) is 22.8. The van der Waals surface area contributed by atoms with E-state index in [1.54, 1.807) is 25.2 Å². The average Bonchev–Trinajstić information content (AvgIpc) is 3.46. The molecule has 0 bridgehead atoms. The minimum absolute atomic E-state index is 0.0925. The molecule has 1 spiro atoms. The molecule has 198 valence electrons. The van der Waals surface area contributed by atoms with Crippen LogP contribution in [0.5, 0.6) is 0 Å². The molecule has 4 N–H and O–H groups in total. The first-order valence-corrected chi connectivity index (χ1v) is 11.2. The topological polar surface area (TPSA) is 160 Å². The van der Waals surface area contributed by atoms with E-state index in [4.69, 9.17) is 5.73 Å². The number of nitrogens with zero attached hydrogens (tertiary/aromatic N) is 4. The highest BCUT2D eigenvalue weighted by Crippen LogP contribution is 2.41. The molecule has 0 aromatic carbocycles. The van der Waals surface area contributed by atoms with Crippen LogP contribution in [0.1, 0.15) is 33.6 Å². The molecule has 15 heteroatoms. The van der Waals surface area contributed by atoms with Gasteiger partial charge in [0, 0.05) is 19.5 Å². The number of halogens is 3. The van der Waals surface area contributed by atoms with Crippen LogP contribution in [0.2, 0.25) is 0 Å². The van der Waals surface area contributed by atoms with Gasteiger partial charge in [-0.3, -0.25) is 24.0 Å². The molecule has 1 aromatic heterocycles. The molecule has 0 aliphatic carbocycles. The fourth-order valence-electron chi connectivity index (χ4n) is 4.62.